The fourth-order valence-electron chi connectivity index (χ4n) is 2.56. The normalized spacial score (nSPS) is 12.3. The van der Waals surface area contributed by atoms with Gasteiger partial charge >= 0.3 is 18.2 Å². The van der Waals surface area contributed by atoms with Crippen LogP contribution >= 0.6 is 0 Å². The summed E-state index contributed by atoms with van der Waals surface area (Å²) in [6, 6.07) is -1.13. The van der Waals surface area contributed by atoms with E-state index in [0.717, 1.165) is 19.3 Å². The van der Waals surface area contributed by atoms with Crippen molar-refractivity contribution in [3.8, 4) is 0 Å². The number of unbranched alkanes of at least 4 members (excludes halogenated alkanes) is 5. The summed E-state index contributed by atoms with van der Waals surface area (Å²) in [5.41, 5.74) is -1.46. The predicted molar refractivity (Wildman–Crippen MR) is 125 cm³/mol. The molecule has 0 bridgehead atoms. The minimum Gasteiger partial charge on any atom is -0.462 e. The quantitative estimate of drug-likeness (QED) is 0.212. The molecule has 1 atom stereocenters. The van der Waals surface area contributed by atoms with E-state index >= 15 is 0 Å². The van der Waals surface area contributed by atoms with Crippen molar-refractivity contribution in [2.45, 2.75) is 104 Å². The van der Waals surface area contributed by atoms with Crippen molar-refractivity contribution in [3.63, 3.8) is 0 Å². The second kappa shape index (κ2) is 15.3. The van der Waals surface area contributed by atoms with Crippen LogP contribution in [0, 0.1) is 0 Å². The van der Waals surface area contributed by atoms with Crippen LogP contribution in [0.3, 0.4) is 0 Å². The highest BCUT2D eigenvalue weighted by molar-refractivity contribution is 5.86. The Morgan fingerprint density at radius 3 is 1.88 bits per heavy atom. The first-order chi connectivity index (χ1) is 15.2. The van der Waals surface area contributed by atoms with Crippen molar-refractivity contribution >= 4 is 24.1 Å². The Morgan fingerprint density at radius 1 is 0.758 bits per heavy atom. The van der Waals surface area contributed by atoms with Crippen molar-refractivity contribution in [1.29, 1.82) is 0 Å². The predicted octanol–water partition coefficient (Wildman–Crippen LogP) is 3.42. The molecule has 0 aromatic carbocycles. The second-order valence-corrected chi connectivity index (χ2v) is 9.80. The molecule has 3 amide bonds. The van der Waals surface area contributed by atoms with Crippen molar-refractivity contribution < 1.29 is 33.4 Å². The summed E-state index contributed by atoms with van der Waals surface area (Å²) in [7, 11) is 0. The third kappa shape index (κ3) is 18.7. The van der Waals surface area contributed by atoms with Crippen molar-refractivity contribution in [2.24, 2.45) is 0 Å². The smallest absolute Gasteiger partial charge is 0.408 e. The van der Waals surface area contributed by atoms with E-state index in [2.05, 4.69) is 22.9 Å². The number of ether oxygens (including phenoxy) is 3. The Morgan fingerprint density at radius 2 is 1.30 bits per heavy atom. The summed E-state index contributed by atoms with van der Waals surface area (Å²) in [4.78, 5) is 48.3. The lowest BCUT2D eigenvalue weighted by atomic mass is 10.1. The standard InChI is InChI=1S/C23H43N3O7/c1-8-9-10-11-12-13-14-24-19(28)17(26-21(30)33-23(5,6)7)16-31-18(27)15-25-20(29)32-22(2,3)4/h17H,8-16H2,1-7H3,(H,24,28)(H,25,29)(H,26,30)/t17-/m0/s1. The molecular weight excluding hydrogens is 430 g/mol. The van der Waals surface area contributed by atoms with Crippen LogP contribution in [0.2, 0.25) is 0 Å². The molecule has 0 aromatic heterocycles. The lowest BCUT2D eigenvalue weighted by Gasteiger charge is -2.23. The van der Waals surface area contributed by atoms with E-state index in [4.69, 9.17) is 14.2 Å². The first kappa shape index (κ1) is 30.5. The molecule has 0 aromatic rings. The van der Waals surface area contributed by atoms with Gasteiger partial charge in [0.05, 0.1) is 0 Å². The van der Waals surface area contributed by atoms with Gasteiger partial charge < -0.3 is 30.2 Å². The minimum atomic E-state index is -1.13. The Kier molecular flexibility index (Phi) is 14.2. The largest absolute Gasteiger partial charge is 0.462 e. The van der Waals surface area contributed by atoms with Crippen molar-refractivity contribution in [2.75, 3.05) is 19.7 Å². The number of carbonyl (C=O) groups excluding carboxylic acids is 4. The maximum absolute atomic E-state index is 12.6. The molecule has 0 aliphatic heterocycles. The molecule has 0 rings (SSSR count). The summed E-state index contributed by atoms with van der Waals surface area (Å²) in [6.07, 6.45) is 4.88. The Bertz CT molecular complexity index is 625. The van der Waals surface area contributed by atoms with E-state index in [-0.39, 0.29) is 0 Å². The van der Waals surface area contributed by atoms with E-state index in [0.29, 0.717) is 6.54 Å². The Balaban J connectivity index is 4.66. The van der Waals surface area contributed by atoms with Crippen LogP contribution in [0.4, 0.5) is 9.59 Å². The molecule has 0 heterocycles. The lowest BCUT2D eigenvalue weighted by Crippen LogP contribution is -2.51. The van der Waals surface area contributed by atoms with Gasteiger partial charge in [0.25, 0.3) is 0 Å². The van der Waals surface area contributed by atoms with Crippen LogP contribution in [-0.2, 0) is 23.8 Å². The molecule has 192 valence electrons. The third-order valence-electron chi connectivity index (χ3n) is 4.02. The number of carbonyl (C=O) groups is 4. The second-order valence-electron chi connectivity index (χ2n) is 9.80. The maximum atomic E-state index is 12.6. The van der Waals surface area contributed by atoms with Gasteiger partial charge in [-0.25, -0.2) is 9.59 Å². The van der Waals surface area contributed by atoms with E-state index in [9.17, 15) is 19.2 Å². The number of hydrogen-bond acceptors (Lipinski definition) is 7. The van der Waals surface area contributed by atoms with Gasteiger partial charge in [-0.2, -0.15) is 0 Å². The van der Waals surface area contributed by atoms with Crippen molar-refractivity contribution in [1.82, 2.24) is 16.0 Å². The maximum Gasteiger partial charge on any atom is 0.408 e. The minimum absolute atomic E-state index is 0.406. The van der Waals surface area contributed by atoms with Crippen LogP contribution in [-0.4, -0.2) is 61.0 Å². The topological polar surface area (TPSA) is 132 Å². The Labute approximate surface area is 197 Å². The molecule has 10 nitrogen and oxygen atoms in total. The van der Waals surface area contributed by atoms with Gasteiger partial charge in [-0.3, -0.25) is 9.59 Å². The van der Waals surface area contributed by atoms with E-state index in [1.54, 1.807) is 41.5 Å². The summed E-state index contributed by atoms with van der Waals surface area (Å²) in [5.74, 6) is -1.26. The molecule has 0 aliphatic carbocycles. The molecule has 0 unspecified atom stereocenters. The molecule has 10 heteroatoms. The number of rotatable bonds is 13. The molecule has 0 radical (unpaired) electrons. The molecule has 0 spiro atoms. The van der Waals surface area contributed by atoms with Crippen LogP contribution < -0.4 is 16.0 Å². The number of hydrogen-bond donors (Lipinski definition) is 3. The molecule has 0 saturated heterocycles. The van der Waals surface area contributed by atoms with Crippen LogP contribution in [0.1, 0.15) is 87.0 Å². The number of alkyl carbamates (subject to hydrolysis) is 2. The molecule has 0 fully saturated rings. The first-order valence-electron chi connectivity index (χ1n) is 11.6. The molecule has 33 heavy (non-hydrogen) atoms. The van der Waals surface area contributed by atoms with Gasteiger partial charge in [-0.15, -0.1) is 0 Å². The monoisotopic (exact) mass is 473 g/mol. The lowest BCUT2D eigenvalue weighted by molar-refractivity contribution is -0.144. The van der Waals surface area contributed by atoms with Crippen LogP contribution in [0.15, 0.2) is 0 Å². The average Bonchev–Trinajstić information content (AvgIpc) is 2.66. The van der Waals surface area contributed by atoms with Gasteiger partial charge in [0.2, 0.25) is 5.91 Å². The van der Waals surface area contributed by atoms with Crippen LogP contribution in [0.5, 0.6) is 0 Å². The van der Waals surface area contributed by atoms with Crippen molar-refractivity contribution in [3.05, 3.63) is 0 Å². The summed E-state index contributed by atoms with van der Waals surface area (Å²) in [5, 5.41) is 7.46. The highest BCUT2D eigenvalue weighted by atomic mass is 16.6. The fourth-order valence-corrected chi connectivity index (χ4v) is 2.56. The number of esters is 1. The van der Waals surface area contributed by atoms with Gasteiger partial charge in [0, 0.05) is 6.54 Å². The molecule has 0 aliphatic rings. The summed E-state index contributed by atoms with van der Waals surface area (Å²) < 4.78 is 15.3. The molecular formula is C23H43N3O7. The first-order valence-corrected chi connectivity index (χ1v) is 11.6. The van der Waals surface area contributed by atoms with Crippen LogP contribution in [0.25, 0.3) is 0 Å². The zero-order chi connectivity index (χ0) is 25.5. The number of amides is 3. The molecule has 3 N–H and O–H groups in total. The zero-order valence-electron chi connectivity index (χ0n) is 21.3. The average molecular weight is 474 g/mol. The van der Waals surface area contributed by atoms with Gasteiger partial charge in [0.15, 0.2) is 0 Å². The van der Waals surface area contributed by atoms with E-state index < -0.39 is 54.5 Å². The zero-order valence-corrected chi connectivity index (χ0v) is 21.3. The van der Waals surface area contributed by atoms with E-state index in [1.807, 2.05) is 0 Å². The Hall–Kier alpha value is -2.52. The SMILES string of the molecule is CCCCCCCCNC(=O)[C@H](COC(=O)CNC(=O)OC(C)(C)C)NC(=O)OC(C)(C)C. The number of nitrogens with one attached hydrogen (secondary N) is 3. The molecule has 0 saturated carbocycles. The van der Waals surface area contributed by atoms with Gasteiger partial charge in [-0.05, 0) is 48.0 Å². The van der Waals surface area contributed by atoms with Gasteiger partial charge in [-0.1, -0.05) is 39.0 Å². The third-order valence-corrected chi connectivity index (χ3v) is 4.02. The highest BCUT2D eigenvalue weighted by Crippen LogP contribution is 2.08. The summed E-state index contributed by atoms with van der Waals surface area (Å²) >= 11 is 0. The highest BCUT2D eigenvalue weighted by Gasteiger charge is 2.26. The summed E-state index contributed by atoms with van der Waals surface area (Å²) in [6.45, 7) is 11.9. The van der Waals surface area contributed by atoms with E-state index in [1.165, 1.54) is 19.3 Å². The fraction of sp³-hybridized carbons (Fsp3) is 0.826. The van der Waals surface area contributed by atoms with Gasteiger partial charge in [0.1, 0.15) is 30.4 Å².